The van der Waals surface area contributed by atoms with Gasteiger partial charge in [-0.15, -0.1) is 6.58 Å². The van der Waals surface area contributed by atoms with Crippen molar-refractivity contribution in [1.29, 1.82) is 0 Å². The van der Waals surface area contributed by atoms with Gasteiger partial charge in [-0.05, 0) is 30.9 Å². The van der Waals surface area contributed by atoms with Crippen molar-refractivity contribution in [2.75, 3.05) is 20.6 Å². The molecule has 3 nitrogen and oxygen atoms in total. The van der Waals surface area contributed by atoms with Crippen molar-refractivity contribution in [3.05, 3.63) is 48.0 Å². The van der Waals surface area contributed by atoms with Crippen LogP contribution in [0.2, 0.25) is 0 Å². The summed E-state index contributed by atoms with van der Waals surface area (Å²) in [4.78, 5) is 6.47. The number of hydrogen-bond acceptors (Lipinski definition) is 1. The minimum atomic E-state index is 0.811. The minimum absolute atomic E-state index is 0.811. The first kappa shape index (κ1) is 15.3. The van der Waals surface area contributed by atoms with Crippen LogP contribution in [0.4, 0.5) is 0 Å². The van der Waals surface area contributed by atoms with E-state index in [1.165, 1.54) is 11.1 Å². The number of nitrogens with zero attached hydrogens (tertiary/aromatic N) is 2. The maximum Gasteiger partial charge on any atom is 0.193 e. The summed E-state index contributed by atoms with van der Waals surface area (Å²) in [6.07, 6.45) is 4.10. The molecule has 0 saturated heterocycles. The Morgan fingerprint density at radius 3 is 2.79 bits per heavy atom. The lowest BCUT2D eigenvalue weighted by Gasteiger charge is -2.22. The Labute approximate surface area is 117 Å². The molecular formula is C16H25N3. The Morgan fingerprint density at radius 2 is 2.16 bits per heavy atom. The highest BCUT2D eigenvalue weighted by atomic mass is 15.3. The van der Waals surface area contributed by atoms with Crippen LogP contribution in [0.1, 0.15) is 24.0 Å². The summed E-state index contributed by atoms with van der Waals surface area (Å²) in [5, 5.41) is 3.40. The average molecular weight is 259 g/mol. The lowest BCUT2D eigenvalue weighted by molar-refractivity contribution is 0.470. The molecule has 0 bridgehead atoms. The second-order valence-corrected chi connectivity index (χ2v) is 4.68. The van der Waals surface area contributed by atoms with Crippen LogP contribution in [0.3, 0.4) is 0 Å². The maximum atomic E-state index is 4.32. The number of unbranched alkanes of at least 4 members (excludes halogenated alkanes) is 1. The molecule has 0 saturated carbocycles. The Kier molecular flexibility index (Phi) is 6.72. The molecule has 0 fully saturated rings. The first-order valence-corrected chi connectivity index (χ1v) is 6.76. The van der Waals surface area contributed by atoms with Crippen molar-refractivity contribution >= 4 is 5.96 Å². The van der Waals surface area contributed by atoms with Crippen molar-refractivity contribution in [3.63, 3.8) is 0 Å². The predicted octanol–water partition coefficient (Wildman–Crippen LogP) is 2.97. The number of guanidine groups is 1. The first-order chi connectivity index (χ1) is 9.19. The molecule has 1 N–H and O–H groups in total. The summed E-state index contributed by atoms with van der Waals surface area (Å²) < 4.78 is 0. The smallest absolute Gasteiger partial charge is 0.193 e. The number of allylic oxidation sites excluding steroid dienone is 1. The Morgan fingerprint density at radius 1 is 1.42 bits per heavy atom. The molecule has 0 spiro atoms. The molecule has 0 heterocycles. The maximum absolute atomic E-state index is 4.32. The lowest BCUT2D eigenvalue weighted by Crippen LogP contribution is -2.39. The van der Waals surface area contributed by atoms with Gasteiger partial charge in [-0.1, -0.05) is 30.3 Å². The van der Waals surface area contributed by atoms with E-state index in [1.54, 1.807) is 0 Å². The van der Waals surface area contributed by atoms with Crippen LogP contribution >= 0.6 is 0 Å². The van der Waals surface area contributed by atoms with Gasteiger partial charge in [0.15, 0.2) is 5.96 Å². The fraction of sp³-hybridized carbons (Fsp3) is 0.438. The monoisotopic (exact) mass is 259 g/mol. The minimum Gasteiger partial charge on any atom is -0.352 e. The fourth-order valence-electron chi connectivity index (χ4n) is 1.95. The number of nitrogens with one attached hydrogen (secondary N) is 1. The zero-order valence-corrected chi connectivity index (χ0v) is 12.3. The van der Waals surface area contributed by atoms with Gasteiger partial charge < -0.3 is 10.2 Å². The van der Waals surface area contributed by atoms with E-state index in [2.05, 4.69) is 60.0 Å². The summed E-state index contributed by atoms with van der Waals surface area (Å²) in [7, 11) is 3.89. The fourth-order valence-corrected chi connectivity index (χ4v) is 1.95. The van der Waals surface area contributed by atoms with Crippen molar-refractivity contribution in [1.82, 2.24) is 10.2 Å². The largest absolute Gasteiger partial charge is 0.352 e. The summed E-state index contributed by atoms with van der Waals surface area (Å²) in [5.41, 5.74) is 2.61. The summed E-state index contributed by atoms with van der Waals surface area (Å²) in [6, 6.07) is 8.41. The van der Waals surface area contributed by atoms with Gasteiger partial charge in [0.2, 0.25) is 0 Å². The van der Waals surface area contributed by atoms with Gasteiger partial charge in [-0.2, -0.15) is 0 Å². The topological polar surface area (TPSA) is 27.6 Å². The molecule has 19 heavy (non-hydrogen) atoms. The SMILES string of the molecule is C=CCCCN(C)C(=NC)NCc1ccccc1C. The lowest BCUT2D eigenvalue weighted by atomic mass is 10.1. The summed E-state index contributed by atoms with van der Waals surface area (Å²) in [5.74, 6) is 0.937. The van der Waals surface area contributed by atoms with Crippen LogP contribution in [0.5, 0.6) is 0 Å². The number of aryl methyl sites for hydroxylation is 1. The highest BCUT2D eigenvalue weighted by molar-refractivity contribution is 5.79. The number of aliphatic imine (C=N–C) groups is 1. The van der Waals surface area contributed by atoms with Gasteiger partial charge in [0, 0.05) is 27.2 Å². The average Bonchev–Trinajstić information content (AvgIpc) is 2.41. The van der Waals surface area contributed by atoms with Crippen molar-refractivity contribution in [3.8, 4) is 0 Å². The van der Waals surface area contributed by atoms with Crippen molar-refractivity contribution < 1.29 is 0 Å². The third-order valence-corrected chi connectivity index (χ3v) is 3.17. The molecule has 0 atom stereocenters. The van der Waals surface area contributed by atoms with E-state index in [1.807, 2.05) is 13.1 Å². The van der Waals surface area contributed by atoms with E-state index < -0.39 is 0 Å². The van der Waals surface area contributed by atoms with Crippen molar-refractivity contribution in [2.45, 2.75) is 26.3 Å². The number of hydrogen-bond donors (Lipinski definition) is 1. The Hall–Kier alpha value is -1.77. The molecule has 1 aromatic rings. The van der Waals surface area contributed by atoms with Gasteiger partial charge in [0.25, 0.3) is 0 Å². The zero-order valence-electron chi connectivity index (χ0n) is 12.3. The quantitative estimate of drug-likeness (QED) is 0.368. The molecule has 0 aliphatic heterocycles. The van der Waals surface area contributed by atoms with Crippen LogP contribution < -0.4 is 5.32 Å². The molecule has 0 aromatic heterocycles. The Balaban J connectivity index is 2.49. The second kappa shape index (κ2) is 8.35. The van der Waals surface area contributed by atoms with Crippen molar-refractivity contribution in [2.24, 2.45) is 4.99 Å². The van der Waals surface area contributed by atoms with Gasteiger partial charge in [-0.25, -0.2) is 0 Å². The van der Waals surface area contributed by atoms with Gasteiger partial charge >= 0.3 is 0 Å². The van der Waals surface area contributed by atoms with Crippen LogP contribution in [0.25, 0.3) is 0 Å². The molecule has 1 aromatic carbocycles. The third-order valence-electron chi connectivity index (χ3n) is 3.17. The molecule has 3 heteroatoms. The van der Waals surface area contributed by atoms with Crippen LogP contribution in [-0.4, -0.2) is 31.5 Å². The van der Waals surface area contributed by atoms with Crippen LogP contribution in [0, 0.1) is 6.92 Å². The summed E-state index contributed by atoms with van der Waals surface area (Å²) in [6.45, 7) is 7.67. The standard InChI is InChI=1S/C16H25N3/c1-5-6-9-12-19(4)16(17-3)18-13-15-11-8-7-10-14(15)2/h5,7-8,10-11H,1,6,9,12-13H2,2-4H3,(H,17,18). The molecule has 1 rings (SSSR count). The van der Waals surface area contributed by atoms with Crippen LogP contribution in [0.15, 0.2) is 41.9 Å². The first-order valence-electron chi connectivity index (χ1n) is 6.76. The van der Waals surface area contributed by atoms with Gasteiger partial charge in [0.1, 0.15) is 0 Å². The molecule has 0 unspecified atom stereocenters. The van der Waals surface area contributed by atoms with Crippen LogP contribution in [-0.2, 0) is 6.54 Å². The van der Waals surface area contributed by atoms with E-state index in [0.29, 0.717) is 0 Å². The summed E-state index contributed by atoms with van der Waals surface area (Å²) >= 11 is 0. The number of rotatable bonds is 6. The van der Waals surface area contributed by atoms with E-state index in [0.717, 1.165) is 31.9 Å². The van der Waals surface area contributed by atoms with E-state index in [9.17, 15) is 0 Å². The third kappa shape index (κ3) is 5.16. The molecular weight excluding hydrogens is 234 g/mol. The number of benzene rings is 1. The second-order valence-electron chi connectivity index (χ2n) is 4.68. The van der Waals surface area contributed by atoms with E-state index in [-0.39, 0.29) is 0 Å². The molecule has 0 amide bonds. The highest BCUT2D eigenvalue weighted by Crippen LogP contribution is 2.06. The molecule has 104 valence electrons. The van der Waals surface area contributed by atoms with E-state index in [4.69, 9.17) is 0 Å². The normalized spacial score (nSPS) is 11.2. The predicted molar refractivity (Wildman–Crippen MR) is 83.4 cm³/mol. The molecule has 0 aliphatic carbocycles. The van der Waals surface area contributed by atoms with Gasteiger partial charge in [-0.3, -0.25) is 4.99 Å². The Bertz CT molecular complexity index is 424. The van der Waals surface area contributed by atoms with E-state index >= 15 is 0 Å². The van der Waals surface area contributed by atoms with Gasteiger partial charge in [0.05, 0.1) is 0 Å². The molecule has 0 aliphatic rings. The highest BCUT2D eigenvalue weighted by Gasteiger charge is 2.05. The zero-order chi connectivity index (χ0) is 14.1. The molecule has 0 radical (unpaired) electrons.